The standard InChI is InChI=1S/C54H103NO5/c1-3-5-7-9-11-13-15-17-18-19-20-21-23-28-32-36-40-44-48-54(59)60-49-45-41-37-33-29-25-24-27-31-35-39-43-47-53(58)55-51(50-56)52(57)46-42-38-34-30-26-22-16-14-12-10-8-6-4-2/h18-19,42,46,51-52,56-57H,3-17,20-41,43-45,47-50H2,1-2H3,(H,55,58)/b19-18-,46-42+. The minimum Gasteiger partial charge on any atom is -0.466 e. The van der Waals surface area contributed by atoms with Crippen LogP contribution in [0.15, 0.2) is 24.3 Å². The van der Waals surface area contributed by atoms with E-state index in [9.17, 15) is 19.8 Å². The minimum atomic E-state index is -0.854. The Kier molecular flexibility index (Phi) is 48.6. The highest BCUT2D eigenvalue weighted by molar-refractivity contribution is 5.76. The van der Waals surface area contributed by atoms with Crippen molar-refractivity contribution < 1.29 is 24.5 Å². The number of hydrogen-bond donors (Lipinski definition) is 3. The Morgan fingerprint density at radius 2 is 0.783 bits per heavy atom. The average Bonchev–Trinajstić information content (AvgIpc) is 3.25. The molecule has 0 aliphatic heterocycles. The number of unbranched alkanes of at least 4 members (excludes halogenated alkanes) is 36. The second kappa shape index (κ2) is 50.0. The number of carbonyl (C=O) groups is 2. The van der Waals surface area contributed by atoms with Crippen LogP contribution in [-0.4, -0.2) is 47.4 Å². The van der Waals surface area contributed by atoms with Gasteiger partial charge in [0.25, 0.3) is 0 Å². The number of carbonyl (C=O) groups excluding carboxylic acids is 2. The normalized spacial score (nSPS) is 12.8. The molecule has 0 bridgehead atoms. The van der Waals surface area contributed by atoms with Crippen LogP contribution < -0.4 is 5.32 Å². The predicted molar refractivity (Wildman–Crippen MR) is 260 cm³/mol. The maximum atomic E-state index is 12.4. The molecule has 0 rings (SSSR count). The van der Waals surface area contributed by atoms with Crippen molar-refractivity contribution >= 4 is 11.9 Å². The summed E-state index contributed by atoms with van der Waals surface area (Å²) in [7, 11) is 0. The topological polar surface area (TPSA) is 95.9 Å². The zero-order valence-corrected chi connectivity index (χ0v) is 40.2. The van der Waals surface area contributed by atoms with E-state index in [4.69, 9.17) is 4.74 Å². The molecule has 0 aromatic heterocycles. The third kappa shape index (κ3) is 45.9. The van der Waals surface area contributed by atoms with Crippen molar-refractivity contribution in [1.82, 2.24) is 5.32 Å². The monoisotopic (exact) mass is 846 g/mol. The third-order valence-corrected chi connectivity index (χ3v) is 12.2. The third-order valence-electron chi connectivity index (χ3n) is 12.2. The lowest BCUT2D eigenvalue weighted by atomic mass is 10.0. The molecule has 0 radical (unpaired) electrons. The number of esters is 1. The molecule has 1 amide bonds. The Hall–Kier alpha value is -1.66. The maximum Gasteiger partial charge on any atom is 0.305 e. The number of rotatable bonds is 49. The van der Waals surface area contributed by atoms with Gasteiger partial charge in [-0.3, -0.25) is 9.59 Å². The molecule has 0 spiro atoms. The zero-order chi connectivity index (χ0) is 43.7. The van der Waals surface area contributed by atoms with Gasteiger partial charge in [0.2, 0.25) is 5.91 Å². The van der Waals surface area contributed by atoms with Crippen LogP contribution >= 0.6 is 0 Å². The molecule has 0 heterocycles. The summed E-state index contributed by atoms with van der Waals surface area (Å²) in [6, 6.07) is -0.638. The molecule has 2 unspecified atom stereocenters. The van der Waals surface area contributed by atoms with Crippen LogP contribution in [0, 0.1) is 0 Å². The first kappa shape index (κ1) is 58.3. The summed E-state index contributed by atoms with van der Waals surface area (Å²) in [5, 5.41) is 23.0. The van der Waals surface area contributed by atoms with Gasteiger partial charge in [-0.05, 0) is 57.8 Å². The molecule has 60 heavy (non-hydrogen) atoms. The van der Waals surface area contributed by atoms with Crippen LogP contribution in [0.4, 0.5) is 0 Å². The molecule has 0 aliphatic carbocycles. The first-order valence-electron chi connectivity index (χ1n) is 26.6. The Balaban J connectivity index is 3.47. The average molecular weight is 846 g/mol. The Labute approximate surface area is 373 Å². The van der Waals surface area contributed by atoms with E-state index in [-0.39, 0.29) is 18.5 Å². The van der Waals surface area contributed by atoms with Gasteiger partial charge in [-0.2, -0.15) is 0 Å². The number of allylic oxidation sites excluding steroid dienone is 3. The van der Waals surface area contributed by atoms with Gasteiger partial charge in [0.05, 0.1) is 25.4 Å². The lowest BCUT2D eigenvalue weighted by Gasteiger charge is -2.20. The molecule has 0 fully saturated rings. The van der Waals surface area contributed by atoms with Gasteiger partial charge in [0.15, 0.2) is 0 Å². The van der Waals surface area contributed by atoms with Gasteiger partial charge in [-0.15, -0.1) is 0 Å². The molecule has 6 nitrogen and oxygen atoms in total. The van der Waals surface area contributed by atoms with Crippen LogP contribution in [-0.2, 0) is 14.3 Å². The number of aliphatic hydroxyl groups excluding tert-OH is 2. The van der Waals surface area contributed by atoms with Gasteiger partial charge in [0.1, 0.15) is 0 Å². The van der Waals surface area contributed by atoms with Crippen LogP contribution in [0.2, 0.25) is 0 Å². The molecule has 0 aromatic rings. The largest absolute Gasteiger partial charge is 0.466 e. The highest BCUT2D eigenvalue weighted by Crippen LogP contribution is 2.16. The predicted octanol–water partition coefficient (Wildman–Crippen LogP) is 15.9. The van der Waals surface area contributed by atoms with Crippen molar-refractivity contribution in [3.63, 3.8) is 0 Å². The molecule has 0 saturated heterocycles. The van der Waals surface area contributed by atoms with Crippen molar-refractivity contribution in [3.05, 3.63) is 24.3 Å². The lowest BCUT2D eigenvalue weighted by molar-refractivity contribution is -0.143. The van der Waals surface area contributed by atoms with Crippen molar-refractivity contribution in [2.75, 3.05) is 13.2 Å². The number of aliphatic hydroxyl groups is 2. The second-order valence-electron chi connectivity index (χ2n) is 18.2. The van der Waals surface area contributed by atoms with Crippen LogP contribution in [0.5, 0.6) is 0 Å². The van der Waals surface area contributed by atoms with Crippen LogP contribution in [0.25, 0.3) is 0 Å². The number of amides is 1. The molecule has 2 atom stereocenters. The first-order valence-corrected chi connectivity index (χ1v) is 26.6. The van der Waals surface area contributed by atoms with Gasteiger partial charge in [0, 0.05) is 12.8 Å². The van der Waals surface area contributed by atoms with E-state index in [0.717, 1.165) is 57.8 Å². The van der Waals surface area contributed by atoms with Gasteiger partial charge in [-0.25, -0.2) is 0 Å². The molecule has 3 N–H and O–H groups in total. The fourth-order valence-corrected chi connectivity index (χ4v) is 8.10. The van der Waals surface area contributed by atoms with Crippen molar-refractivity contribution in [3.8, 4) is 0 Å². The van der Waals surface area contributed by atoms with Gasteiger partial charge < -0.3 is 20.3 Å². The molecule has 0 saturated carbocycles. The van der Waals surface area contributed by atoms with Crippen molar-refractivity contribution in [2.24, 2.45) is 0 Å². The molecular weight excluding hydrogens is 743 g/mol. The maximum absolute atomic E-state index is 12.4. The molecule has 354 valence electrons. The highest BCUT2D eigenvalue weighted by Gasteiger charge is 2.18. The second-order valence-corrected chi connectivity index (χ2v) is 18.2. The molecule has 0 aromatic carbocycles. The van der Waals surface area contributed by atoms with Crippen molar-refractivity contribution in [1.29, 1.82) is 0 Å². The Morgan fingerprint density at radius 1 is 0.450 bits per heavy atom. The Morgan fingerprint density at radius 3 is 1.18 bits per heavy atom. The van der Waals surface area contributed by atoms with Gasteiger partial charge in [-0.1, -0.05) is 237 Å². The first-order chi connectivity index (χ1) is 29.5. The SMILES string of the molecule is CCCCCCCCC/C=C\CCCCCCCCCC(=O)OCCCCCCCCCCCCCCC(=O)NC(CO)C(O)/C=C/CCCCCCCCCCCCC. The number of nitrogens with one attached hydrogen (secondary N) is 1. The summed E-state index contributed by atoms with van der Waals surface area (Å²) in [5.74, 6) is -0.0977. The summed E-state index contributed by atoms with van der Waals surface area (Å²) >= 11 is 0. The van der Waals surface area contributed by atoms with Crippen LogP contribution in [0.3, 0.4) is 0 Å². The fraction of sp³-hybridized carbons (Fsp3) is 0.889. The number of hydrogen-bond acceptors (Lipinski definition) is 5. The lowest BCUT2D eigenvalue weighted by Crippen LogP contribution is -2.45. The highest BCUT2D eigenvalue weighted by atomic mass is 16.5. The van der Waals surface area contributed by atoms with Crippen LogP contribution in [0.1, 0.15) is 284 Å². The number of ether oxygens (including phenoxy) is 1. The van der Waals surface area contributed by atoms with E-state index in [1.807, 2.05) is 6.08 Å². The van der Waals surface area contributed by atoms with E-state index in [1.54, 1.807) is 6.08 Å². The van der Waals surface area contributed by atoms with E-state index < -0.39 is 12.1 Å². The molecule has 0 aliphatic rings. The quantitative estimate of drug-likeness (QED) is 0.0322. The summed E-state index contributed by atoms with van der Waals surface area (Å²) in [5.41, 5.74) is 0. The Bertz CT molecular complexity index is 935. The summed E-state index contributed by atoms with van der Waals surface area (Å²) < 4.78 is 5.47. The smallest absolute Gasteiger partial charge is 0.305 e. The van der Waals surface area contributed by atoms with E-state index in [1.165, 1.54) is 199 Å². The van der Waals surface area contributed by atoms with E-state index >= 15 is 0 Å². The van der Waals surface area contributed by atoms with Crippen molar-refractivity contribution in [2.45, 2.75) is 296 Å². The molecular formula is C54H103NO5. The van der Waals surface area contributed by atoms with E-state index in [2.05, 4.69) is 31.3 Å². The van der Waals surface area contributed by atoms with E-state index in [0.29, 0.717) is 19.4 Å². The molecule has 6 heteroatoms. The summed E-state index contributed by atoms with van der Waals surface area (Å²) in [6.45, 7) is 4.86. The minimum absolute atomic E-state index is 0.0139. The zero-order valence-electron chi connectivity index (χ0n) is 40.2. The fourth-order valence-electron chi connectivity index (χ4n) is 8.10. The summed E-state index contributed by atoms with van der Waals surface area (Å²) in [6.07, 6.45) is 58.9. The summed E-state index contributed by atoms with van der Waals surface area (Å²) in [4.78, 5) is 24.5. The van der Waals surface area contributed by atoms with Gasteiger partial charge >= 0.3 is 5.97 Å².